The lowest BCUT2D eigenvalue weighted by atomic mass is 10.1. The van der Waals surface area contributed by atoms with E-state index in [9.17, 15) is 9.59 Å². The first-order valence-electron chi connectivity index (χ1n) is 8.72. The lowest BCUT2D eigenvalue weighted by Crippen LogP contribution is -2.41. The highest BCUT2D eigenvalue weighted by Crippen LogP contribution is 2.26. The molecule has 0 unspecified atom stereocenters. The molecule has 2 amide bonds. The highest BCUT2D eigenvalue weighted by atomic mass is 16.2. The van der Waals surface area contributed by atoms with Gasteiger partial charge in [-0.2, -0.15) is 0 Å². The normalized spacial score (nSPS) is 10.2. The van der Waals surface area contributed by atoms with E-state index in [1.165, 1.54) is 4.90 Å². The van der Waals surface area contributed by atoms with Crippen molar-refractivity contribution >= 4 is 28.9 Å². The zero-order valence-corrected chi connectivity index (χ0v) is 14.8. The van der Waals surface area contributed by atoms with E-state index < -0.39 is 11.8 Å². The fraction of sp³-hybridized carbons (Fsp3) is 0.0909. The second kappa shape index (κ2) is 8.67. The van der Waals surface area contributed by atoms with Crippen LogP contribution in [0.4, 0.5) is 17.1 Å². The molecule has 3 aromatic rings. The number of benzene rings is 3. The molecule has 0 fully saturated rings. The largest absolute Gasteiger partial charge is 0.399 e. The van der Waals surface area contributed by atoms with Crippen molar-refractivity contribution in [2.45, 2.75) is 6.42 Å². The quantitative estimate of drug-likeness (QED) is 0.542. The average Bonchev–Trinajstić information content (AvgIpc) is 2.71. The molecule has 0 aliphatic rings. The predicted molar refractivity (Wildman–Crippen MR) is 108 cm³/mol. The van der Waals surface area contributed by atoms with Crippen LogP contribution in [0, 0.1) is 0 Å². The summed E-state index contributed by atoms with van der Waals surface area (Å²) in [4.78, 5) is 26.7. The molecule has 136 valence electrons. The molecule has 27 heavy (non-hydrogen) atoms. The van der Waals surface area contributed by atoms with Crippen molar-refractivity contribution in [2.75, 3.05) is 17.2 Å². The summed E-state index contributed by atoms with van der Waals surface area (Å²) in [6.45, 7) is 0.388. The van der Waals surface area contributed by atoms with Gasteiger partial charge in [-0.15, -0.1) is 0 Å². The van der Waals surface area contributed by atoms with Crippen LogP contribution in [0.15, 0.2) is 84.9 Å². The van der Waals surface area contributed by atoms with E-state index in [0.29, 0.717) is 30.0 Å². The third-order valence-electron chi connectivity index (χ3n) is 4.11. The first kappa shape index (κ1) is 18.2. The summed E-state index contributed by atoms with van der Waals surface area (Å²) in [7, 11) is 0. The van der Waals surface area contributed by atoms with Gasteiger partial charge in [-0.05, 0) is 48.4 Å². The Labute approximate surface area is 158 Å². The smallest absolute Gasteiger partial charge is 0.320 e. The number of hydrogen-bond acceptors (Lipinski definition) is 3. The molecular formula is C22H21N3O2. The molecule has 3 N–H and O–H groups in total. The third-order valence-corrected chi connectivity index (χ3v) is 4.11. The Morgan fingerprint density at radius 2 is 1.33 bits per heavy atom. The maximum Gasteiger partial charge on any atom is 0.320 e. The van der Waals surface area contributed by atoms with E-state index in [-0.39, 0.29) is 0 Å². The zero-order chi connectivity index (χ0) is 19.1. The minimum absolute atomic E-state index is 0.388. The maximum absolute atomic E-state index is 12.9. The molecule has 3 aromatic carbocycles. The minimum atomic E-state index is -0.647. The number of nitrogens with one attached hydrogen (secondary N) is 1. The van der Waals surface area contributed by atoms with Gasteiger partial charge in [-0.25, -0.2) is 0 Å². The third kappa shape index (κ3) is 4.73. The zero-order valence-electron chi connectivity index (χ0n) is 14.8. The molecule has 0 heterocycles. The Morgan fingerprint density at radius 3 is 1.96 bits per heavy atom. The Kier molecular flexibility index (Phi) is 5.84. The number of rotatable bonds is 5. The summed E-state index contributed by atoms with van der Waals surface area (Å²) in [5.74, 6) is -1.29. The van der Waals surface area contributed by atoms with Gasteiger partial charge in [0.1, 0.15) is 0 Å². The SMILES string of the molecule is Nc1ccc(N(C(=O)C(=O)NCCc2ccccc2)c2ccccc2)cc1. The molecule has 0 saturated carbocycles. The van der Waals surface area contributed by atoms with Gasteiger partial charge in [0.15, 0.2) is 0 Å². The predicted octanol–water partition coefficient (Wildman–Crippen LogP) is 3.29. The van der Waals surface area contributed by atoms with E-state index >= 15 is 0 Å². The van der Waals surface area contributed by atoms with Crippen molar-refractivity contribution in [3.05, 3.63) is 90.5 Å². The van der Waals surface area contributed by atoms with Gasteiger partial charge < -0.3 is 11.1 Å². The molecule has 3 rings (SSSR count). The minimum Gasteiger partial charge on any atom is -0.399 e. The van der Waals surface area contributed by atoms with Crippen LogP contribution < -0.4 is 16.0 Å². The van der Waals surface area contributed by atoms with Crippen LogP contribution in [-0.2, 0) is 16.0 Å². The molecule has 0 saturated heterocycles. The van der Waals surface area contributed by atoms with Crippen LogP contribution in [-0.4, -0.2) is 18.4 Å². The van der Waals surface area contributed by atoms with Crippen LogP contribution in [0.1, 0.15) is 5.56 Å². The number of nitrogens with two attached hydrogens (primary N) is 1. The second-order valence-electron chi connectivity index (χ2n) is 6.06. The Hall–Kier alpha value is -3.60. The van der Waals surface area contributed by atoms with Crippen LogP contribution in [0.5, 0.6) is 0 Å². The monoisotopic (exact) mass is 359 g/mol. The van der Waals surface area contributed by atoms with Crippen molar-refractivity contribution in [1.29, 1.82) is 0 Å². The van der Waals surface area contributed by atoms with Gasteiger partial charge >= 0.3 is 11.8 Å². The molecule has 0 spiro atoms. The van der Waals surface area contributed by atoms with Crippen LogP contribution in [0.25, 0.3) is 0 Å². The molecule has 0 aliphatic carbocycles. The number of anilines is 3. The molecule has 0 bridgehead atoms. The van der Waals surface area contributed by atoms with E-state index in [1.807, 2.05) is 48.5 Å². The molecule has 0 atom stereocenters. The van der Waals surface area contributed by atoms with E-state index in [0.717, 1.165) is 5.56 Å². The first-order chi connectivity index (χ1) is 13.1. The summed E-state index contributed by atoms with van der Waals surface area (Å²) in [6.07, 6.45) is 0.660. The van der Waals surface area contributed by atoms with Crippen molar-refractivity contribution in [1.82, 2.24) is 5.32 Å². The average molecular weight is 359 g/mol. The number of carbonyl (C=O) groups is 2. The van der Waals surface area contributed by atoms with E-state index in [2.05, 4.69) is 5.32 Å². The number of nitrogen functional groups attached to an aromatic ring is 1. The number of nitrogens with zero attached hydrogens (tertiary/aromatic N) is 1. The van der Waals surface area contributed by atoms with Crippen LogP contribution in [0.3, 0.4) is 0 Å². The van der Waals surface area contributed by atoms with Crippen molar-refractivity contribution < 1.29 is 9.59 Å². The molecule has 0 radical (unpaired) electrons. The Morgan fingerprint density at radius 1 is 0.778 bits per heavy atom. The van der Waals surface area contributed by atoms with E-state index in [1.54, 1.807) is 36.4 Å². The fourth-order valence-corrected chi connectivity index (χ4v) is 2.73. The highest BCUT2D eigenvalue weighted by Gasteiger charge is 2.24. The molecule has 0 aromatic heterocycles. The standard InChI is InChI=1S/C22H21N3O2/c23-18-11-13-20(14-12-18)25(19-9-5-2-6-10-19)22(27)21(26)24-16-15-17-7-3-1-4-8-17/h1-14H,15-16,23H2,(H,24,26). The van der Waals surface area contributed by atoms with Gasteiger partial charge in [-0.3, -0.25) is 14.5 Å². The maximum atomic E-state index is 12.9. The molecule has 0 aliphatic heterocycles. The number of hydrogen-bond donors (Lipinski definition) is 2. The topological polar surface area (TPSA) is 75.4 Å². The molecule has 5 nitrogen and oxygen atoms in total. The number of para-hydroxylation sites is 1. The van der Waals surface area contributed by atoms with Gasteiger partial charge in [0.25, 0.3) is 0 Å². The second-order valence-corrected chi connectivity index (χ2v) is 6.06. The fourth-order valence-electron chi connectivity index (χ4n) is 2.73. The summed E-state index contributed by atoms with van der Waals surface area (Å²) in [6, 6.07) is 25.7. The lowest BCUT2D eigenvalue weighted by Gasteiger charge is -2.22. The summed E-state index contributed by atoms with van der Waals surface area (Å²) in [5.41, 5.74) is 8.63. The summed E-state index contributed by atoms with van der Waals surface area (Å²) < 4.78 is 0. The van der Waals surface area contributed by atoms with Gasteiger partial charge in [0, 0.05) is 23.6 Å². The summed E-state index contributed by atoms with van der Waals surface area (Å²) in [5, 5.41) is 2.71. The van der Waals surface area contributed by atoms with Crippen LogP contribution >= 0.6 is 0 Å². The highest BCUT2D eigenvalue weighted by molar-refractivity contribution is 6.42. The van der Waals surface area contributed by atoms with Gasteiger partial charge in [0.05, 0.1) is 0 Å². The molecule has 5 heteroatoms. The molecular weight excluding hydrogens is 338 g/mol. The van der Waals surface area contributed by atoms with Gasteiger partial charge in [-0.1, -0.05) is 48.5 Å². The summed E-state index contributed by atoms with van der Waals surface area (Å²) >= 11 is 0. The van der Waals surface area contributed by atoms with Gasteiger partial charge in [0.2, 0.25) is 0 Å². The van der Waals surface area contributed by atoms with E-state index in [4.69, 9.17) is 5.73 Å². The Bertz CT molecular complexity index is 894. The van der Waals surface area contributed by atoms with Crippen LogP contribution in [0.2, 0.25) is 0 Å². The lowest BCUT2D eigenvalue weighted by molar-refractivity contribution is -0.137. The Balaban J connectivity index is 1.74. The first-order valence-corrected chi connectivity index (χ1v) is 8.72. The van der Waals surface area contributed by atoms with Crippen molar-refractivity contribution in [3.8, 4) is 0 Å². The van der Waals surface area contributed by atoms with Crippen molar-refractivity contribution in [2.24, 2.45) is 0 Å². The number of carbonyl (C=O) groups excluding carboxylic acids is 2. The van der Waals surface area contributed by atoms with Crippen molar-refractivity contribution in [3.63, 3.8) is 0 Å². The number of amides is 2.